The zero-order chi connectivity index (χ0) is 14.1. The van der Waals surface area contributed by atoms with Gasteiger partial charge < -0.3 is 0 Å². The van der Waals surface area contributed by atoms with E-state index < -0.39 is 0 Å². The summed E-state index contributed by atoms with van der Waals surface area (Å²) >= 11 is 0. The second-order valence-electron chi connectivity index (χ2n) is 5.75. The number of nitrogens with one attached hydrogen (secondary N) is 1. The van der Waals surface area contributed by atoms with E-state index in [9.17, 15) is 0 Å². The van der Waals surface area contributed by atoms with E-state index in [-0.39, 0.29) is 0 Å². The molecule has 0 unspecified atom stereocenters. The Morgan fingerprint density at radius 3 is 2.81 bits per heavy atom. The van der Waals surface area contributed by atoms with Gasteiger partial charge in [-0.15, -0.1) is 0 Å². The summed E-state index contributed by atoms with van der Waals surface area (Å²) in [6.07, 6.45) is 8.24. The van der Waals surface area contributed by atoms with Crippen LogP contribution < -0.4 is 0 Å². The van der Waals surface area contributed by atoms with Crippen molar-refractivity contribution in [3.63, 3.8) is 0 Å². The van der Waals surface area contributed by atoms with Gasteiger partial charge in [0.25, 0.3) is 0 Å². The van der Waals surface area contributed by atoms with Crippen molar-refractivity contribution in [2.45, 2.75) is 38.0 Å². The predicted octanol–water partition coefficient (Wildman–Crippen LogP) is 4.07. The lowest BCUT2D eigenvalue weighted by atomic mass is 9.89. The lowest BCUT2D eigenvalue weighted by Crippen LogP contribution is -2.06. The minimum atomic E-state index is 0.549. The number of H-pyrrole nitrogens is 1. The molecule has 21 heavy (non-hydrogen) atoms. The molecule has 0 atom stereocenters. The van der Waals surface area contributed by atoms with Gasteiger partial charge >= 0.3 is 0 Å². The van der Waals surface area contributed by atoms with Crippen LogP contribution in [0.1, 0.15) is 43.8 Å². The van der Waals surface area contributed by atoms with Gasteiger partial charge in [-0.1, -0.05) is 37.5 Å². The van der Waals surface area contributed by atoms with Crippen molar-refractivity contribution in [1.82, 2.24) is 20.2 Å². The number of rotatable bonds is 2. The number of aromatic amines is 1. The molecule has 4 heteroatoms. The van der Waals surface area contributed by atoms with Crippen molar-refractivity contribution in [2.75, 3.05) is 0 Å². The summed E-state index contributed by atoms with van der Waals surface area (Å²) in [6.45, 7) is 0. The third-order valence-corrected chi connectivity index (χ3v) is 4.38. The molecular weight excluding hydrogens is 260 g/mol. The van der Waals surface area contributed by atoms with Gasteiger partial charge in [0.2, 0.25) is 0 Å². The molecule has 2 aromatic heterocycles. The van der Waals surface area contributed by atoms with Crippen molar-refractivity contribution in [3.8, 4) is 11.4 Å². The summed E-state index contributed by atoms with van der Waals surface area (Å²) in [6, 6.07) is 10.1. The number of hydrogen-bond donors (Lipinski definition) is 1. The van der Waals surface area contributed by atoms with E-state index in [0.717, 1.165) is 28.1 Å². The molecular formula is C17H18N4. The van der Waals surface area contributed by atoms with Crippen LogP contribution in [-0.2, 0) is 0 Å². The predicted molar refractivity (Wildman–Crippen MR) is 82.9 cm³/mol. The zero-order valence-electron chi connectivity index (χ0n) is 11.9. The van der Waals surface area contributed by atoms with Crippen LogP contribution in [0.25, 0.3) is 22.3 Å². The third kappa shape index (κ3) is 2.31. The number of pyridine rings is 1. The van der Waals surface area contributed by atoms with Gasteiger partial charge in [-0.3, -0.25) is 10.1 Å². The molecule has 1 N–H and O–H groups in total. The van der Waals surface area contributed by atoms with E-state index in [4.69, 9.17) is 4.98 Å². The van der Waals surface area contributed by atoms with Gasteiger partial charge in [-0.2, -0.15) is 5.10 Å². The summed E-state index contributed by atoms with van der Waals surface area (Å²) < 4.78 is 0. The molecule has 0 amide bonds. The Kier molecular flexibility index (Phi) is 3.14. The van der Waals surface area contributed by atoms with E-state index in [1.54, 1.807) is 0 Å². The van der Waals surface area contributed by atoms with Crippen molar-refractivity contribution < 1.29 is 0 Å². The summed E-state index contributed by atoms with van der Waals surface area (Å²) in [5.74, 6) is 2.38. The molecule has 0 aliphatic heterocycles. The maximum Gasteiger partial charge on any atom is 0.181 e. The van der Waals surface area contributed by atoms with Crippen LogP contribution in [0.15, 0.2) is 36.5 Å². The maximum atomic E-state index is 4.76. The lowest BCUT2D eigenvalue weighted by Gasteiger charge is -2.18. The monoisotopic (exact) mass is 278 g/mol. The third-order valence-electron chi connectivity index (χ3n) is 4.38. The highest BCUT2D eigenvalue weighted by atomic mass is 15.2. The van der Waals surface area contributed by atoms with Gasteiger partial charge in [-0.25, -0.2) is 4.98 Å². The second-order valence-corrected chi connectivity index (χ2v) is 5.75. The van der Waals surface area contributed by atoms with Crippen LogP contribution in [0.4, 0.5) is 0 Å². The molecule has 106 valence electrons. The molecule has 1 aromatic carbocycles. The highest BCUT2D eigenvalue weighted by Crippen LogP contribution is 2.32. The first-order valence-corrected chi connectivity index (χ1v) is 7.68. The Bertz CT molecular complexity index is 751. The van der Waals surface area contributed by atoms with E-state index in [0.29, 0.717) is 5.92 Å². The molecule has 0 bridgehead atoms. The van der Waals surface area contributed by atoms with E-state index in [1.807, 2.05) is 24.4 Å². The molecule has 4 rings (SSSR count). The number of aromatic nitrogens is 4. The Hall–Kier alpha value is -2.23. The lowest BCUT2D eigenvalue weighted by molar-refractivity contribution is 0.429. The van der Waals surface area contributed by atoms with Crippen LogP contribution >= 0.6 is 0 Å². The summed E-state index contributed by atoms with van der Waals surface area (Å²) in [4.78, 5) is 9.16. The Morgan fingerprint density at radius 1 is 1.00 bits per heavy atom. The van der Waals surface area contributed by atoms with Crippen molar-refractivity contribution >= 4 is 10.9 Å². The molecule has 0 spiro atoms. The number of nitrogens with zero attached hydrogens (tertiary/aromatic N) is 3. The van der Waals surface area contributed by atoms with Crippen LogP contribution in [-0.4, -0.2) is 20.2 Å². The van der Waals surface area contributed by atoms with Crippen LogP contribution in [0.3, 0.4) is 0 Å². The first kappa shape index (κ1) is 12.5. The van der Waals surface area contributed by atoms with Crippen LogP contribution in [0.5, 0.6) is 0 Å². The highest BCUT2D eigenvalue weighted by Gasteiger charge is 2.20. The average molecular weight is 278 g/mol. The number of fused-ring (bicyclic) bond motifs is 1. The van der Waals surface area contributed by atoms with Gasteiger partial charge in [0.1, 0.15) is 5.82 Å². The fourth-order valence-electron chi connectivity index (χ4n) is 3.25. The number of benzene rings is 1. The van der Waals surface area contributed by atoms with E-state index in [1.165, 1.54) is 32.1 Å². The quantitative estimate of drug-likeness (QED) is 0.768. The molecule has 1 aliphatic rings. The SMILES string of the molecule is c1cc(-c2n[nH]c(C3CCCCC3)n2)c2cccnc2c1. The van der Waals surface area contributed by atoms with Gasteiger partial charge in [-0.05, 0) is 25.0 Å². The highest BCUT2D eigenvalue weighted by molar-refractivity contribution is 5.92. The first-order valence-electron chi connectivity index (χ1n) is 7.68. The van der Waals surface area contributed by atoms with Crippen molar-refractivity contribution in [1.29, 1.82) is 0 Å². The minimum Gasteiger partial charge on any atom is -0.262 e. The molecule has 1 aliphatic carbocycles. The fraction of sp³-hybridized carbons (Fsp3) is 0.353. The standard InChI is InChI=1S/C17H18N4/c1-2-6-12(7-3-1)16-19-17(21-20-16)14-8-4-10-15-13(14)9-5-11-18-15/h4-5,8-12H,1-3,6-7H2,(H,19,20,21). The fourth-order valence-corrected chi connectivity index (χ4v) is 3.25. The average Bonchev–Trinajstić information content (AvgIpc) is 3.05. The molecule has 1 saturated carbocycles. The smallest absolute Gasteiger partial charge is 0.181 e. The normalized spacial score (nSPS) is 16.4. The first-order chi connectivity index (χ1) is 10.4. The van der Waals surface area contributed by atoms with Gasteiger partial charge in [0.05, 0.1) is 5.52 Å². The van der Waals surface area contributed by atoms with E-state index >= 15 is 0 Å². The van der Waals surface area contributed by atoms with Crippen LogP contribution in [0.2, 0.25) is 0 Å². The number of hydrogen-bond acceptors (Lipinski definition) is 3. The molecule has 0 saturated heterocycles. The molecule has 2 heterocycles. The maximum absolute atomic E-state index is 4.76. The summed E-state index contributed by atoms with van der Waals surface area (Å²) in [5.41, 5.74) is 2.04. The topological polar surface area (TPSA) is 54.5 Å². The Balaban J connectivity index is 1.74. The van der Waals surface area contributed by atoms with Gasteiger partial charge in [0.15, 0.2) is 5.82 Å². The van der Waals surface area contributed by atoms with Crippen LogP contribution in [0, 0.1) is 0 Å². The Labute approximate surface area is 123 Å². The van der Waals surface area contributed by atoms with Crippen molar-refractivity contribution in [2.24, 2.45) is 0 Å². The van der Waals surface area contributed by atoms with Crippen molar-refractivity contribution in [3.05, 3.63) is 42.4 Å². The zero-order valence-corrected chi connectivity index (χ0v) is 11.9. The minimum absolute atomic E-state index is 0.549. The molecule has 0 radical (unpaired) electrons. The largest absolute Gasteiger partial charge is 0.262 e. The van der Waals surface area contributed by atoms with E-state index in [2.05, 4.69) is 27.3 Å². The molecule has 1 fully saturated rings. The summed E-state index contributed by atoms with van der Waals surface area (Å²) in [5, 5.41) is 8.71. The molecule has 4 nitrogen and oxygen atoms in total. The molecule has 3 aromatic rings. The Morgan fingerprint density at radius 2 is 1.90 bits per heavy atom. The van der Waals surface area contributed by atoms with Gasteiger partial charge in [0, 0.05) is 23.1 Å². The second kappa shape index (κ2) is 5.28. The summed E-state index contributed by atoms with van der Waals surface area (Å²) in [7, 11) is 0.